The first-order chi connectivity index (χ1) is 17.1. The Hall–Kier alpha value is -3.27. The van der Waals surface area contributed by atoms with E-state index in [2.05, 4.69) is 5.32 Å². The molecule has 0 saturated heterocycles. The van der Waals surface area contributed by atoms with Crippen molar-refractivity contribution in [3.8, 4) is 11.5 Å². The highest BCUT2D eigenvalue weighted by atomic mass is 32.2. The van der Waals surface area contributed by atoms with Crippen molar-refractivity contribution >= 4 is 27.5 Å². The molecule has 0 aromatic heterocycles. The summed E-state index contributed by atoms with van der Waals surface area (Å²) < 4.78 is 37.5. The highest BCUT2D eigenvalue weighted by Gasteiger charge is 2.31. The fourth-order valence-electron chi connectivity index (χ4n) is 3.62. The van der Waals surface area contributed by atoms with Crippen molar-refractivity contribution in [3.63, 3.8) is 0 Å². The predicted octanol–water partition coefficient (Wildman–Crippen LogP) is 3.19. The molecule has 0 spiro atoms. The van der Waals surface area contributed by atoms with Crippen LogP contribution in [0.2, 0.25) is 0 Å². The van der Waals surface area contributed by atoms with E-state index in [4.69, 9.17) is 9.47 Å². The fraction of sp³-hybridized carbons (Fsp3) is 0.462. The minimum atomic E-state index is -3.85. The summed E-state index contributed by atoms with van der Waals surface area (Å²) in [5, 5.41) is 2.86. The number of anilines is 1. The molecule has 0 unspecified atom stereocenters. The lowest BCUT2D eigenvalue weighted by Crippen LogP contribution is -2.51. The monoisotopic (exact) mass is 519 g/mol. The molecule has 0 heterocycles. The van der Waals surface area contributed by atoms with E-state index in [1.54, 1.807) is 63.4 Å². The number of carbonyl (C=O) groups excluding carboxylic acids is 2. The van der Waals surface area contributed by atoms with Gasteiger partial charge in [-0.2, -0.15) is 0 Å². The van der Waals surface area contributed by atoms with Crippen molar-refractivity contribution in [2.45, 2.75) is 46.2 Å². The van der Waals surface area contributed by atoms with Gasteiger partial charge in [0, 0.05) is 13.1 Å². The number of nitrogens with one attached hydrogen (secondary N) is 1. The SMILES string of the molecule is CCCCNC(=O)[C@@H](C)N(Cc1cccc(OC)c1)C(=O)CN(c1ccccc1OCC)S(C)(=O)=O. The Balaban J connectivity index is 2.41. The third-order valence-corrected chi connectivity index (χ3v) is 6.72. The molecule has 0 bridgehead atoms. The number of sulfonamides is 1. The molecule has 2 aromatic carbocycles. The summed E-state index contributed by atoms with van der Waals surface area (Å²) in [6.07, 6.45) is 2.78. The number of hydrogen-bond donors (Lipinski definition) is 1. The number of methoxy groups -OCH3 is 1. The van der Waals surface area contributed by atoms with Gasteiger partial charge >= 0.3 is 0 Å². The summed E-state index contributed by atoms with van der Waals surface area (Å²) in [7, 11) is -2.30. The first-order valence-corrected chi connectivity index (χ1v) is 13.9. The van der Waals surface area contributed by atoms with Crippen LogP contribution in [0.15, 0.2) is 48.5 Å². The first kappa shape index (κ1) is 29.0. The summed E-state index contributed by atoms with van der Waals surface area (Å²) in [5.41, 5.74) is 1.01. The molecule has 0 aliphatic heterocycles. The number of benzene rings is 2. The number of para-hydroxylation sites is 2. The summed E-state index contributed by atoms with van der Waals surface area (Å²) in [6, 6.07) is 13.0. The maximum absolute atomic E-state index is 13.6. The van der Waals surface area contributed by atoms with Crippen molar-refractivity contribution in [1.82, 2.24) is 10.2 Å². The Morgan fingerprint density at radius 3 is 2.44 bits per heavy atom. The highest BCUT2D eigenvalue weighted by Crippen LogP contribution is 2.30. The molecule has 2 rings (SSSR count). The second-order valence-electron chi connectivity index (χ2n) is 8.36. The predicted molar refractivity (Wildman–Crippen MR) is 141 cm³/mol. The molecule has 9 nitrogen and oxygen atoms in total. The van der Waals surface area contributed by atoms with Gasteiger partial charge in [-0.05, 0) is 50.1 Å². The minimum absolute atomic E-state index is 0.100. The molecular formula is C26H37N3O6S. The van der Waals surface area contributed by atoms with E-state index >= 15 is 0 Å². The van der Waals surface area contributed by atoms with Gasteiger partial charge in [0.25, 0.3) is 0 Å². The van der Waals surface area contributed by atoms with Crippen LogP contribution in [0.5, 0.6) is 11.5 Å². The van der Waals surface area contributed by atoms with Crippen molar-refractivity contribution in [3.05, 3.63) is 54.1 Å². The second kappa shape index (κ2) is 13.7. The average molecular weight is 520 g/mol. The normalized spacial score (nSPS) is 11.9. The third kappa shape index (κ3) is 8.15. The molecule has 198 valence electrons. The van der Waals surface area contributed by atoms with Crippen LogP contribution in [0, 0.1) is 0 Å². The zero-order chi connectivity index (χ0) is 26.7. The molecular weight excluding hydrogens is 482 g/mol. The Morgan fingerprint density at radius 1 is 1.08 bits per heavy atom. The fourth-order valence-corrected chi connectivity index (χ4v) is 4.47. The molecule has 2 aromatic rings. The number of nitrogens with zero attached hydrogens (tertiary/aromatic N) is 2. The quantitative estimate of drug-likeness (QED) is 0.385. The number of hydrogen-bond acceptors (Lipinski definition) is 6. The van der Waals surface area contributed by atoms with Crippen molar-refractivity contribution < 1.29 is 27.5 Å². The molecule has 1 atom stereocenters. The molecule has 0 radical (unpaired) electrons. The van der Waals surface area contributed by atoms with E-state index in [1.807, 2.05) is 13.0 Å². The highest BCUT2D eigenvalue weighted by molar-refractivity contribution is 7.92. The Labute approximate surface area is 214 Å². The van der Waals surface area contributed by atoms with Crippen LogP contribution >= 0.6 is 0 Å². The molecule has 36 heavy (non-hydrogen) atoms. The standard InChI is InChI=1S/C26H37N3O6S/c1-6-8-16-27-26(31)20(3)28(18-21-12-11-13-22(17-21)34-4)25(30)19-29(36(5,32)33)23-14-9-10-15-24(23)35-7-2/h9-15,17,20H,6-8,16,18-19H2,1-5H3,(H,27,31)/t20-/m1/s1. The number of rotatable bonds is 14. The van der Waals surface area contributed by atoms with Crippen LogP contribution in [0.4, 0.5) is 5.69 Å². The summed E-state index contributed by atoms with van der Waals surface area (Å²) >= 11 is 0. The Morgan fingerprint density at radius 2 is 1.81 bits per heavy atom. The van der Waals surface area contributed by atoms with Crippen LogP contribution in [0.1, 0.15) is 39.2 Å². The Kier molecular flexibility index (Phi) is 11.0. The second-order valence-corrected chi connectivity index (χ2v) is 10.3. The zero-order valence-electron chi connectivity index (χ0n) is 21.7. The van der Waals surface area contributed by atoms with Crippen LogP contribution in [-0.2, 0) is 26.2 Å². The van der Waals surface area contributed by atoms with Gasteiger partial charge in [0.1, 0.15) is 24.1 Å². The molecule has 0 fully saturated rings. The third-order valence-electron chi connectivity index (χ3n) is 5.60. The summed E-state index contributed by atoms with van der Waals surface area (Å²) in [6.45, 7) is 5.90. The van der Waals surface area contributed by atoms with Gasteiger partial charge in [-0.15, -0.1) is 0 Å². The van der Waals surface area contributed by atoms with Crippen molar-refractivity contribution in [2.75, 3.05) is 37.4 Å². The van der Waals surface area contributed by atoms with Gasteiger partial charge in [0.05, 0.1) is 25.7 Å². The summed E-state index contributed by atoms with van der Waals surface area (Å²) in [4.78, 5) is 27.9. The largest absolute Gasteiger partial charge is 0.497 e. The maximum Gasteiger partial charge on any atom is 0.244 e. The van der Waals surface area contributed by atoms with E-state index in [-0.39, 0.29) is 18.1 Å². The van der Waals surface area contributed by atoms with Crippen LogP contribution in [0.25, 0.3) is 0 Å². The maximum atomic E-state index is 13.6. The van der Waals surface area contributed by atoms with Gasteiger partial charge in [0.15, 0.2) is 0 Å². The van der Waals surface area contributed by atoms with E-state index in [0.717, 1.165) is 29.0 Å². The van der Waals surface area contributed by atoms with Gasteiger partial charge in [-0.3, -0.25) is 13.9 Å². The smallest absolute Gasteiger partial charge is 0.244 e. The van der Waals surface area contributed by atoms with E-state index < -0.39 is 28.5 Å². The van der Waals surface area contributed by atoms with Crippen LogP contribution < -0.4 is 19.1 Å². The topological polar surface area (TPSA) is 105 Å². The lowest BCUT2D eigenvalue weighted by molar-refractivity contribution is -0.139. The molecule has 1 N–H and O–H groups in total. The van der Waals surface area contributed by atoms with Crippen molar-refractivity contribution in [2.24, 2.45) is 0 Å². The first-order valence-electron chi connectivity index (χ1n) is 12.0. The molecule has 10 heteroatoms. The number of ether oxygens (including phenoxy) is 2. The van der Waals surface area contributed by atoms with E-state index in [1.165, 1.54) is 4.90 Å². The molecule has 0 aliphatic carbocycles. The molecule has 0 aliphatic rings. The molecule has 0 saturated carbocycles. The minimum Gasteiger partial charge on any atom is -0.497 e. The zero-order valence-corrected chi connectivity index (χ0v) is 22.5. The lowest BCUT2D eigenvalue weighted by atomic mass is 10.1. The van der Waals surface area contributed by atoms with Gasteiger partial charge < -0.3 is 19.7 Å². The van der Waals surface area contributed by atoms with Gasteiger partial charge in [-0.25, -0.2) is 8.42 Å². The number of carbonyl (C=O) groups is 2. The van der Waals surface area contributed by atoms with Gasteiger partial charge in [0.2, 0.25) is 21.8 Å². The van der Waals surface area contributed by atoms with Crippen LogP contribution in [0.3, 0.4) is 0 Å². The lowest BCUT2D eigenvalue weighted by Gasteiger charge is -2.32. The summed E-state index contributed by atoms with van der Waals surface area (Å²) in [5.74, 6) is 0.138. The molecule has 2 amide bonds. The Bertz CT molecular complexity index is 1120. The van der Waals surface area contributed by atoms with E-state index in [9.17, 15) is 18.0 Å². The van der Waals surface area contributed by atoms with E-state index in [0.29, 0.717) is 24.7 Å². The average Bonchev–Trinajstić information content (AvgIpc) is 2.85. The van der Waals surface area contributed by atoms with Gasteiger partial charge in [-0.1, -0.05) is 37.6 Å². The number of amides is 2. The van der Waals surface area contributed by atoms with Crippen LogP contribution in [-0.4, -0.2) is 64.2 Å². The van der Waals surface area contributed by atoms with Crippen molar-refractivity contribution in [1.29, 1.82) is 0 Å². The number of unbranched alkanes of at least 4 members (excludes halogenated alkanes) is 1.